The van der Waals surface area contributed by atoms with Crippen molar-refractivity contribution in [1.29, 1.82) is 0 Å². The van der Waals surface area contributed by atoms with Crippen LogP contribution in [0.3, 0.4) is 0 Å². The van der Waals surface area contributed by atoms with Crippen LogP contribution >= 0.6 is 11.8 Å². The molecule has 1 aliphatic heterocycles. The molecule has 3 aliphatic rings. The molecule has 0 aromatic heterocycles. The molecule has 3 fully saturated rings. The number of nitrogens with one attached hydrogen (secondary N) is 2. The molecule has 25 heavy (non-hydrogen) atoms. The molecule has 0 bridgehead atoms. The molecule has 3 unspecified atom stereocenters. The maximum atomic E-state index is 10.6. The average molecular weight is 370 g/mol. The third-order valence-corrected chi connectivity index (χ3v) is 7.44. The fraction of sp³-hybridized carbons (Fsp3) is 0.947. The van der Waals surface area contributed by atoms with Gasteiger partial charge in [-0.3, -0.25) is 4.99 Å². The number of rotatable bonds is 6. The van der Waals surface area contributed by atoms with Gasteiger partial charge in [-0.25, -0.2) is 0 Å². The third-order valence-electron chi connectivity index (χ3n) is 6.21. The predicted molar refractivity (Wildman–Crippen MR) is 105 cm³/mol. The van der Waals surface area contributed by atoms with E-state index in [2.05, 4.69) is 24.5 Å². The van der Waals surface area contributed by atoms with Crippen LogP contribution in [0.1, 0.15) is 58.8 Å². The highest BCUT2D eigenvalue weighted by molar-refractivity contribution is 7.99. The van der Waals surface area contributed by atoms with Crippen molar-refractivity contribution in [3.63, 3.8) is 0 Å². The highest BCUT2D eigenvalue weighted by Gasteiger charge is 2.55. The summed E-state index contributed by atoms with van der Waals surface area (Å²) >= 11 is 1.82. The molecular formula is C19H35N3O2S. The largest absolute Gasteiger partial charge is 0.387 e. The molecule has 2 aliphatic carbocycles. The lowest BCUT2D eigenvalue weighted by molar-refractivity contribution is -0.145. The van der Waals surface area contributed by atoms with Gasteiger partial charge in [-0.15, -0.1) is 0 Å². The smallest absolute Gasteiger partial charge is 0.191 e. The lowest BCUT2D eigenvalue weighted by atomic mass is 9.55. The molecule has 1 saturated heterocycles. The Balaban J connectivity index is 1.64. The van der Waals surface area contributed by atoms with Crippen molar-refractivity contribution in [1.82, 2.24) is 10.6 Å². The Hall–Kier alpha value is -0.460. The van der Waals surface area contributed by atoms with E-state index < -0.39 is 5.60 Å². The fourth-order valence-electron chi connectivity index (χ4n) is 4.70. The van der Waals surface area contributed by atoms with E-state index in [1.807, 2.05) is 11.8 Å². The normalized spacial score (nSPS) is 34.8. The van der Waals surface area contributed by atoms with Crippen LogP contribution in [-0.2, 0) is 4.74 Å². The molecule has 3 atom stereocenters. The van der Waals surface area contributed by atoms with Crippen LogP contribution < -0.4 is 10.6 Å². The van der Waals surface area contributed by atoms with E-state index in [1.165, 1.54) is 32.1 Å². The van der Waals surface area contributed by atoms with E-state index in [1.54, 1.807) is 0 Å². The van der Waals surface area contributed by atoms with E-state index in [4.69, 9.17) is 9.73 Å². The van der Waals surface area contributed by atoms with Crippen LogP contribution in [0.15, 0.2) is 4.99 Å². The number of hydrogen-bond acceptors (Lipinski definition) is 4. The molecule has 1 heterocycles. The van der Waals surface area contributed by atoms with Crippen molar-refractivity contribution in [2.45, 2.75) is 76.5 Å². The molecule has 0 aromatic rings. The van der Waals surface area contributed by atoms with Crippen molar-refractivity contribution in [2.24, 2.45) is 10.4 Å². The maximum Gasteiger partial charge on any atom is 0.191 e. The quantitative estimate of drug-likeness (QED) is 0.496. The summed E-state index contributed by atoms with van der Waals surface area (Å²) in [5, 5.41) is 17.6. The van der Waals surface area contributed by atoms with Crippen molar-refractivity contribution in [3.8, 4) is 0 Å². The number of hydrogen-bond donors (Lipinski definition) is 3. The molecule has 1 spiro atoms. The summed E-state index contributed by atoms with van der Waals surface area (Å²) < 4.78 is 6.06. The average Bonchev–Trinajstić information content (AvgIpc) is 3.06. The lowest BCUT2D eigenvalue weighted by Gasteiger charge is -2.58. The van der Waals surface area contributed by atoms with Gasteiger partial charge in [0.2, 0.25) is 0 Å². The second kappa shape index (κ2) is 8.49. The zero-order valence-electron chi connectivity index (χ0n) is 15.9. The first-order valence-electron chi connectivity index (χ1n) is 10.1. The Labute approximate surface area is 156 Å². The van der Waals surface area contributed by atoms with E-state index in [-0.39, 0.29) is 5.41 Å². The van der Waals surface area contributed by atoms with Gasteiger partial charge in [0.1, 0.15) is 0 Å². The summed E-state index contributed by atoms with van der Waals surface area (Å²) in [4.78, 5) is 4.73. The predicted octanol–water partition coefficient (Wildman–Crippen LogP) is 2.54. The monoisotopic (exact) mass is 369 g/mol. The van der Waals surface area contributed by atoms with Crippen LogP contribution in [0.25, 0.3) is 0 Å². The minimum atomic E-state index is -0.622. The molecule has 3 N–H and O–H groups in total. The van der Waals surface area contributed by atoms with Crippen LogP contribution in [0.4, 0.5) is 0 Å². The molecule has 0 amide bonds. The zero-order chi connectivity index (χ0) is 17.8. The summed E-state index contributed by atoms with van der Waals surface area (Å²) in [6.45, 7) is 6.33. The minimum absolute atomic E-state index is 0.282. The van der Waals surface area contributed by atoms with Gasteiger partial charge in [-0.1, -0.05) is 19.3 Å². The second-order valence-electron chi connectivity index (χ2n) is 7.89. The van der Waals surface area contributed by atoms with Crippen LogP contribution in [0.2, 0.25) is 0 Å². The van der Waals surface area contributed by atoms with Gasteiger partial charge in [0.05, 0.1) is 18.2 Å². The van der Waals surface area contributed by atoms with Gasteiger partial charge >= 0.3 is 0 Å². The van der Waals surface area contributed by atoms with Crippen molar-refractivity contribution >= 4 is 17.7 Å². The summed E-state index contributed by atoms with van der Waals surface area (Å²) in [6, 6.07) is 0.440. The topological polar surface area (TPSA) is 65.9 Å². The summed E-state index contributed by atoms with van der Waals surface area (Å²) in [5.41, 5.74) is -0.340. The number of aliphatic imine (C=N–C) groups is 1. The molecule has 5 nitrogen and oxygen atoms in total. The lowest BCUT2D eigenvalue weighted by Crippen LogP contribution is -2.66. The van der Waals surface area contributed by atoms with E-state index in [9.17, 15) is 5.11 Å². The van der Waals surface area contributed by atoms with E-state index >= 15 is 0 Å². The van der Waals surface area contributed by atoms with Crippen LogP contribution in [0.5, 0.6) is 0 Å². The molecular weight excluding hydrogens is 334 g/mol. The highest BCUT2D eigenvalue weighted by Crippen LogP contribution is 2.53. The van der Waals surface area contributed by atoms with E-state index in [0.29, 0.717) is 18.7 Å². The first-order chi connectivity index (χ1) is 12.1. The van der Waals surface area contributed by atoms with Crippen molar-refractivity contribution in [3.05, 3.63) is 0 Å². The van der Waals surface area contributed by atoms with Crippen LogP contribution in [0, 0.1) is 5.41 Å². The number of ether oxygens (including phenoxy) is 1. The molecule has 6 heteroatoms. The Morgan fingerprint density at radius 1 is 1.24 bits per heavy atom. The highest BCUT2D eigenvalue weighted by atomic mass is 32.2. The Morgan fingerprint density at radius 3 is 2.68 bits per heavy atom. The van der Waals surface area contributed by atoms with Crippen molar-refractivity contribution in [2.75, 3.05) is 31.2 Å². The van der Waals surface area contributed by atoms with Crippen molar-refractivity contribution < 1.29 is 9.84 Å². The molecule has 0 radical (unpaired) electrons. The van der Waals surface area contributed by atoms with Gasteiger partial charge in [-0.2, -0.15) is 11.8 Å². The Morgan fingerprint density at radius 2 is 2.04 bits per heavy atom. The molecule has 2 saturated carbocycles. The van der Waals surface area contributed by atoms with E-state index in [0.717, 1.165) is 43.5 Å². The van der Waals surface area contributed by atoms with Gasteiger partial charge in [0.25, 0.3) is 0 Å². The second-order valence-corrected chi connectivity index (χ2v) is 9.00. The SMILES string of the molecule is CCNC(=NCC1(O)CCSC1)NC1CC(OCC)C12CCCCC2. The van der Waals surface area contributed by atoms with Gasteiger partial charge in [-0.05, 0) is 45.3 Å². The Bertz CT molecular complexity index is 460. The first kappa shape index (κ1) is 19.3. The standard InChI is InChI=1S/C19H35N3O2S/c1-3-20-17(21-13-18(23)10-11-25-14-18)22-15-12-16(24-4-2)19(15)8-6-5-7-9-19/h15-16,23H,3-14H2,1-2H3,(H2,20,21,22). The molecule has 3 rings (SSSR count). The summed E-state index contributed by atoms with van der Waals surface area (Å²) in [5.74, 6) is 2.70. The number of guanidine groups is 1. The summed E-state index contributed by atoms with van der Waals surface area (Å²) in [6.07, 6.45) is 8.81. The van der Waals surface area contributed by atoms with Crippen LogP contribution in [-0.4, -0.2) is 60.0 Å². The number of aliphatic hydroxyl groups is 1. The van der Waals surface area contributed by atoms with Gasteiger partial charge in [0, 0.05) is 30.4 Å². The number of nitrogens with zero attached hydrogens (tertiary/aromatic N) is 1. The number of thioether (sulfide) groups is 1. The molecule has 0 aromatic carbocycles. The van der Waals surface area contributed by atoms with Gasteiger partial charge in [0.15, 0.2) is 5.96 Å². The first-order valence-corrected chi connectivity index (χ1v) is 11.2. The zero-order valence-corrected chi connectivity index (χ0v) is 16.7. The molecule has 144 valence electrons. The third kappa shape index (κ3) is 4.28. The van der Waals surface area contributed by atoms with Gasteiger partial charge < -0.3 is 20.5 Å². The Kier molecular flexibility index (Phi) is 6.55. The fourth-order valence-corrected chi connectivity index (χ4v) is 5.98. The minimum Gasteiger partial charge on any atom is -0.387 e. The summed E-state index contributed by atoms with van der Waals surface area (Å²) in [7, 11) is 0. The maximum absolute atomic E-state index is 10.6.